The second-order valence-electron chi connectivity index (χ2n) is 1.30. The number of aliphatic hydroxyl groups is 3. The van der Waals surface area contributed by atoms with Crippen molar-refractivity contribution in [1.29, 1.82) is 0 Å². The summed E-state index contributed by atoms with van der Waals surface area (Å²) in [7, 11) is 0. The molecule has 0 spiro atoms. The fourth-order valence-corrected chi connectivity index (χ4v) is 0.0577. The summed E-state index contributed by atoms with van der Waals surface area (Å²) in [6.45, 7) is -0.729. The monoisotopic (exact) mass is 178 g/mol. The van der Waals surface area contributed by atoms with Gasteiger partial charge in [0.2, 0.25) is 0 Å². The first kappa shape index (κ1) is 17.3. The quantitative estimate of drug-likeness (QED) is 0.309. The summed E-state index contributed by atoms with van der Waals surface area (Å²) >= 11 is 0. The standard InChI is InChI=1S/C3H8O3.CH2O3.Na.H/c4-1-3(6)2-5;2-1(3)4;;/h3-6H,1-2H2;(H2,2,3,4);;. The molecule has 64 valence electrons. The van der Waals surface area contributed by atoms with Crippen molar-refractivity contribution in [2.75, 3.05) is 13.2 Å². The van der Waals surface area contributed by atoms with Gasteiger partial charge in [0.15, 0.2) is 0 Å². The van der Waals surface area contributed by atoms with Crippen LogP contribution in [0.3, 0.4) is 0 Å². The number of hydrogen-bond donors (Lipinski definition) is 5. The van der Waals surface area contributed by atoms with Crippen LogP contribution in [0.5, 0.6) is 0 Å². The van der Waals surface area contributed by atoms with Crippen LogP contribution in [0.2, 0.25) is 0 Å². The van der Waals surface area contributed by atoms with Gasteiger partial charge < -0.3 is 25.5 Å². The molecule has 7 heteroatoms. The van der Waals surface area contributed by atoms with Crippen LogP contribution in [-0.2, 0) is 0 Å². The van der Waals surface area contributed by atoms with Crippen LogP contribution in [0.4, 0.5) is 4.79 Å². The Labute approximate surface area is 85.4 Å². The van der Waals surface area contributed by atoms with Gasteiger partial charge in [-0.3, -0.25) is 0 Å². The number of hydrogen-bond acceptors (Lipinski definition) is 4. The van der Waals surface area contributed by atoms with E-state index in [1.807, 2.05) is 0 Å². The first-order valence-corrected chi connectivity index (χ1v) is 2.36. The van der Waals surface area contributed by atoms with Gasteiger partial charge in [0, 0.05) is 0 Å². The summed E-state index contributed by atoms with van der Waals surface area (Å²) in [6.07, 6.45) is -2.79. The van der Waals surface area contributed by atoms with E-state index in [9.17, 15) is 0 Å². The molecule has 0 aromatic rings. The molecule has 0 saturated carbocycles. The van der Waals surface area contributed by atoms with Crippen LogP contribution in [0.15, 0.2) is 0 Å². The normalized spacial score (nSPS) is 7.64. The zero-order chi connectivity index (χ0) is 8.57. The Bertz CT molecular complexity index is 78.7. The van der Waals surface area contributed by atoms with E-state index in [1.54, 1.807) is 0 Å². The molecule has 0 rings (SSSR count). The molecule has 0 radical (unpaired) electrons. The van der Waals surface area contributed by atoms with E-state index in [-0.39, 0.29) is 42.8 Å². The average molecular weight is 178 g/mol. The Morgan fingerprint density at radius 2 is 1.36 bits per heavy atom. The van der Waals surface area contributed by atoms with E-state index >= 15 is 0 Å². The SMILES string of the molecule is O=C(O)O.OCC(O)CO.[NaH]. The van der Waals surface area contributed by atoms with Crippen molar-refractivity contribution < 1.29 is 30.3 Å². The molecular formula is C4H11NaO6. The third kappa shape index (κ3) is 39.1. The predicted molar refractivity (Wildman–Crippen MR) is 38.0 cm³/mol. The molecule has 0 amide bonds. The van der Waals surface area contributed by atoms with Gasteiger partial charge in [-0.1, -0.05) is 0 Å². The second-order valence-corrected chi connectivity index (χ2v) is 1.30. The third-order valence-corrected chi connectivity index (χ3v) is 0.421. The summed E-state index contributed by atoms with van der Waals surface area (Å²) in [5, 5.41) is 38.0. The number of aliphatic hydroxyl groups excluding tert-OH is 3. The molecule has 0 aliphatic heterocycles. The molecule has 0 aromatic heterocycles. The molecule has 0 bridgehead atoms. The van der Waals surface area contributed by atoms with Crippen LogP contribution in [0.1, 0.15) is 0 Å². The van der Waals surface area contributed by atoms with Gasteiger partial charge in [-0.2, -0.15) is 0 Å². The summed E-state index contributed by atoms with van der Waals surface area (Å²) in [6, 6.07) is 0. The topological polar surface area (TPSA) is 118 Å². The van der Waals surface area contributed by atoms with Gasteiger partial charge in [-0.15, -0.1) is 0 Å². The zero-order valence-electron chi connectivity index (χ0n) is 5.14. The van der Waals surface area contributed by atoms with Gasteiger partial charge in [-0.25, -0.2) is 4.79 Å². The van der Waals surface area contributed by atoms with Gasteiger partial charge in [0.25, 0.3) is 0 Å². The Kier molecular flexibility index (Phi) is 20.1. The van der Waals surface area contributed by atoms with Gasteiger partial charge >= 0.3 is 35.7 Å². The molecule has 0 fully saturated rings. The van der Waals surface area contributed by atoms with E-state index < -0.39 is 12.3 Å². The van der Waals surface area contributed by atoms with Gasteiger partial charge in [0.1, 0.15) is 6.10 Å². The van der Waals surface area contributed by atoms with Crippen molar-refractivity contribution in [3.8, 4) is 0 Å². The van der Waals surface area contributed by atoms with Crippen LogP contribution >= 0.6 is 0 Å². The maximum absolute atomic E-state index is 8.56. The predicted octanol–water partition coefficient (Wildman–Crippen LogP) is -2.09. The van der Waals surface area contributed by atoms with Crippen molar-refractivity contribution in [1.82, 2.24) is 0 Å². The zero-order valence-corrected chi connectivity index (χ0v) is 5.14. The fraction of sp³-hybridized carbons (Fsp3) is 0.750. The van der Waals surface area contributed by atoms with Crippen molar-refractivity contribution in [3.05, 3.63) is 0 Å². The molecule has 0 aliphatic rings. The third-order valence-electron chi connectivity index (χ3n) is 0.421. The minimum absolute atomic E-state index is 0. The summed E-state index contributed by atoms with van der Waals surface area (Å²) < 4.78 is 0. The fourth-order valence-electron chi connectivity index (χ4n) is 0.0577. The first-order chi connectivity index (χ1) is 4.54. The van der Waals surface area contributed by atoms with Gasteiger partial charge in [0.05, 0.1) is 13.2 Å². The molecule has 11 heavy (non-hydrogen) atoms. The minimum atomic E-state index is -1.83. The van der Waals surface area contributed by atoms with E-state index in [4.69, 9.17) is 30.3 Å². The van der Waals surface area contributed by atoms with Crippen molar-refractivity contribution in [3.63, 3.8) is 0 Å². The molecule has 0 heterocycles. The van der Waals surface area contributed by atoms with Crippen LogP contribution in [-0.4, -0.2) is 80.6 Å². The first-order valence-electron chi connectivity index (χ1n) is 2.36. The average Bonchev–Trinajstić information content (AvgIpc) is 1.85. The Hall–Kier alpha value is 0.150. The molecule has 0 aliphatic carbocycles. The number of carbonyl (C=O) groups is 1. The van der Waals surface area contributed by atoms with E-state index in [1.165, 1.54) is 0 Å². The van der Waals surface area contributed by atoms with Crippen molar-refractivity contribution >= 4 is 35.7 Å². The molecule has 0 unspecified atom stereocenters. The van der Waals surface area contributed by atoms with E-state index in [0.717, 1.165) is 0 Å². The Balaban J connectivity index is -0.000000114. The number of carboxylic acid groups (broad SMARTS) is 2. The van der Waals surface area contributed by atoms with Crippen LogP contribution < -0.4 is 0 Å². The number of rotatable bonds is 2. The molecule has 0 aromatic carbocycles. The molecule has 0 saturated heterocycles. The summed E-state index contributed by atoms with van der Waals surface area (Å²) in [4.78, 5) is 8.56. The van der Waals surface area contributed by atoms with Crippen LogP contribution in [0, 0.1) is 0 Å². The van der Waals surface area contributed by atoms with Gasteiger partial charge in [-0.05, 0) is 0 Å². The maximum atomic E-state index is 8.56. The molecule has 0 atom stereocenters. The molecule has 5 N–H and O–H groups in total. The van der Waals surface area contributed by atoms with Crippen molar-refractivity contribution in [2.45, 2.75) is 6.10 Å². The summed E-state index contributed by atoms with van der Waals surface area (Å²) in [5.41, 5.74) is 0. The second kappa shape index (κ2) is 12.8. The van der Waals surface area contributed by atoms with E-state index in [0.29, 0.717) is 0 Å². The molecular weight excluding hydrogens is 167 g/mol. The Morgan fingerprint density at radius 1 is 1.18 bits per heavy atom. The van der Waals surface area contributed by atoms with E-state index in [2.05, 4.69) is 0 Å². The van der Waals surface area contributed by atoms with Crippen molar-refractivity contribution in [2.24, 2.45) is 0 Å². The summed E-state index contributed by atoms with van der Waals surface area (Å²) in [5.74, 6) is 0. The molecule has 6 nitrogen and oxygen atoms in total. The Morgan fingerprint density at radius 3 is 1.36 bits per heavy atom. The van der Waals surface area contributed by atoms with Crippen LogP contribution in [0.25, 0.3) is 0 Å².